The molecule has 1 fully saturated rings. The van der Waals surface area contributed by atoms with Gasteiger partial charge in [0.05, 0.1) is 16.5 Å². The smallest absolute Gasteiger partial charge is 0.334 e. The second kappa shape index (κ2) is 14.3. The number of halogens is 5. The Balaban J connectivity index is 1.29. The average molecular weight is 675 g/mol. The molecule has 2 heterocycles. The second-order valence-electron chi connectivity index (χ2n) is 12.5. The first-order chi connectivity index (χ1) is 23.5. The van der Waals surface area contributed by atoms with Crippen molar-refractivity contribution in [3.63, 3.8) is 0 Å². The monoisotopic (exact) mass is 674 g/mol. The van der Waals surface area contributed by atoms with E-state index in [-0.39, 0.29) is 36.9 Å². The fourth-order valence-electron chi connectivity index (χ4n) is 6.43. The van der Waals surface area contributed by atoms with Gasteiger partial charge in [0, 0.05) is 19.0 Å². The minimum atomic E-state index is -4.41. The van der Waals surface area contributed by atoms with Gasteiger partial charge in [0.15, 0.2) is 11.6 Å². The van der Waals surface area contributed by atoms with E-state index in [1.807, 2.05) is 36.2 Å². The molecule has 0 unspecified atom stereocenters. The first kappa shape index (κ1) is 34.0. The molecule has 11 heteroatoms. The fraction of sp³-hybridized carbons (Fsp3) is 0.289. The predicted octanol–water partition coefficient (Wildman–Crippen LogP) is 7.27. The topological polar surface area (TPSA) is 58.4 Å². The molecule has 5 aromatic rings. The number of aromatic nitrogens is 2. The van der Waals surface area contributed by atoms with E-state index in [0.29, 0.717) is 28.8 Å². The number of carbonyl (C=O) groups is 1. The van der Waals surface area contributed by atoms with Crippen LogP contribution in [0.3, 0.4) is 0 Å². The lowest BCUT2D eigenvalue weighted by molar-refractivity contribution is -0.137. The summed E-state index contributed by atoms with van der Waals surface area (Å²) in [6.07, 6.45) is -2.70. The number of likely N-dealkylation sites (tertiary alicyclic amines) is 1. The molecule has 1 aromatic heterocycles. The van der Waals surface area contributed by atoms with Crippen LogP contribution in [0.1, 0.15) is 35.4 Å². The van der Waals surface area contributed by atoms with Crippen LogP contribution in [0.4, 0.5) is 22.0 Å². The van der Waals surface area contributed by atoms with E-state index in [1.54, 1.807) is 28.8 Å². The second-order valence-corrected chi connectivity index (χ2v) is 12.5. The van der Waals surface area contributed by atoms with Crippen LogP contribution in [-0.4, -0.2) is 51.4 Å². The largest absolute Gasteiger partial charge is 0.416 e. The Morgan fingerprint density at radius 2 is 1.51 bits per heavy atom. The van der Waals surface area contributed by atoms with E-state index in [4.69, 9.17) is 0 Å². The number of rotatable bonds is 9. The van der Waals surface area contributed by atoms with Gasteiger partial charge < -0.3 is 14.4 Å². The Hall–Kier alpha value is -4.90. The standard InChI is InChI=1S/C38H35F5N4O2/c1-45-21-19-30(20-22-45)46(23-25-9-11-26(12-10-25)27-13-16-29(17-14-27)38(41,42)43)35(48)24-47-33-8-3-2-6-31(33)37(49)44-34(47)18-15-28-5-4-7-32(39)36(28)40/h2-14,16-17,30H,15,18-24H2,1H3. The molecule has 0 bridgehead atoms. The highest BCUT2D eigenvalue weighted by molar-refractivity contribution is 5.82. The van der Waals surface area contributed by atoms with Crippen LogP contribution >= 0.6 is 0 Å². The first-order valence-electron chi connectivity index (χ1n) is 16.1. The Bertz CT molecular complexity index is 2000. The summed E-state index contributed by atoms with van der Waals surface area (Å²) in [6.45, 7) is 1.81. The number of benzene rings is 4. The lowest BCUT2D eigenvalue weighted by Crippen LogP contribution is -2.47. The van der Waals surface area contributed by atoms with Gasteiger partial charge >= 0.3 is 6.18 Å². The highest BCUT2D eigenvalue weighted by Gasteiger charge is 2.30. The van der Waals surface area contributed by atoms with Gasteiger partial charge in [-0.05, 0) is 92.0 Å². The third-order valence-electron chi connectivity index (χ3n) is 9.21. The molecular formula is C38H35F5N4O2. The summed E-state index contributed by atoms with van der Waals surface area (Å²) in [6, 6.07) is 23.2. The summed E-state index contributed by atoms with van der Waals surface area (Å²) in [5.41, 5.74) is 1.74. The zero-order valence-electron chi connectivity index (χ0n) is 26.9. The van der Waals surface area contributed by atoms with Crippen LogP contribution in [-0.2, 0) is 36.9 Å². The highest BCUT2D eigenvalue weighted by atomic mass is 19.4. The molecule has 0 atom stereocenters. The highest BCUT2D eigenvalue weighted by Crippen LogP contribution is 2.31. The summed E-state index contributed by atoms with van der Waals surface area (Å²) >= 11 is 0. The molecule has 0 spiro atoms. The van der Waals surface area contributed by atoms with Gasteiger partial charge in [-0.25, -0.2) is 8.78 Å². The van der Waals surface area contributed by atoms with Gasteiger partial charge in [-0.1, -0.05) is 60.7 Å². The third-order valence-corrected chi connectivity index (χ3v) is 9.21. The molecule has 4 aromatic carbocycles. The lowest BCUT2D eigenvalue weighted by Gasteiger charge is -2.38. The average Bonchev–Trinajstić information content (AvgIpc) is 3.09. The normalized spacial score (nSPS) is 14.3. The van der Waals surface area contributed by atoms with Crippen LogP contribution < -0.4 is 5.56 Å². The summed E-state index contributed by atoms with van der Waals surface area (Å²) in [5, 5.41) is 0.348. The van der Waals surface area contributed by atoms with Crippen molar-refractivity contribution < 1.29 is 26.7 Å². The van der Waals surface area contributed by atoms with Crippen LogP contribution in [0.15, 0.2) is 95.8 Å². The predicted molar refractivity (Wildman–Crippen MR) is 178 cm³/mol. The van der Waals surface area contributed by atoms with Gasteiger partial charge in [0.1, 0.15) is 12.4 Å². The number of amides is 1. The maximum Gasteiger partial charge on any atom is 0.416 e. The van der Waals surface area contributed by atoms with Crippen molar-refractivity contribution in [3.05, 3.63) is 135 Å². The lowest BCUT2D eigenvalue weighted by atomic mass is 10.0. The number of carbonyl (C=O) groups excluding carboxylic acids is 1. The van der Waals surface area contributed by atoms with Gasteiger partial charge in [-0.2, -0.15) is 18.2 Å². The van der Waals surface area contributed by atoms with E-state index in [9.17, 15) is 31.5 Å². The molecule has 0 N–H and O–H groups in total. The molecule has 1 amide bonds. The minimum absolute atomic E-state index is 0.0539. The van der Waals surface area contributed by atoms with E-state index >= 15 is 0 Å². The molecule has 0 saturated carbocycles. The number of alkyl halides is 3. The molecule has 1 saturated heterocycles. The maximum atomic E-state index is 14.5. The minimum Gasteiger partial charge on any atom is -0.334 e. The van der Waals surface area contributed by atoms with Crippen LogP contribution in [0.2, 0.25) is 0 Å². The van der Waals surface area contributed by atoms with E-state index in [1.165, 1.54) is 24.3 Å². The molecule has 6 nitrogen and oxygen atoms in total. The number of fused-ring (bicyclic) bond motifs is 1. The molecular weight excluding hydrogens is 639 g/mol. The van der Waals surface area contributed by atoms with E-state index in [0.717, 1.165) is 55.3 Å². The Labute approximate surface area is 280 Å². The van der Waals surface area contributed by atoms with Crippen molar-refractivity contribution in [3.8, 4) is 11.1 Å². The number of piperidine rings is 1. The van der Waals surface area contributed by atoms with Crippen LogP contribution in [0.25, 0.3) is 22.0 Å². The number of para-hydroxylation sites is 1. The fourth-order valence-corrected chi connectivity index (χ4v) is 6.43. The van der Waals surface area contributed by atoms with Crippen molar-refractivity contribution in [2.75, 3.05) is 20.1 Å². The molecule has 1 aliphatic rings. The molecule has 0 radical (unpaired) electrons. The van der Waals surface area contributed by atoms with Gasteiger partial charge in [-0.3, -0.25) is 9.59 Å². The summed E-state index contributed by atoms with van der Waals surface area (Å²) in [5.74, 6) is -1.80. The Morgan fingerprint density at radius 1 is 0.857 bits per heavy atom. The quantitative estimate of drug-likeness (QED) is 0.155. The van der Waals surface area contributed by atoms with Crippen molar-refractivity contribution in [2.24, 2.45) is 0 Å². The van der Waals surface area contributed by atoms with Crippen LogP contribution in [0, 0.1) is 11.6 Å². The zero-order valence-corrected chi connectivity index (χ0v) is 26.9. The number of hydrogen-bond donors (Lipinski definition) is 0. The third kappa shape index (κ3) is 7.72. The zero-order chi connectivity index (χ0) is 34.7. The van der Waals surface area contributed by atoms with Crippen LogP contribution in [0.5, 0.6) is 0 Å². The molecule has 254 valence electrons. The number of aryl methyl sites for hydroxylation is 2. The molecule has 0 aliphatic carbocycles. The molecule has 6 rings (SSSR count). The van der Waals surface area contributed by atoms with E-state index < -0.39 is 28.9 Å². The van der Waals surface area contributed by atoms with Crippen molar-refractivity contribution in [2.45, 2.75) is 51.0 Å². The summed E-state index contributed by atoms with van der Waals surface area (Å²) < 4.78 is 69.3. The number of hydrogen-bond acceptors (Lipinski definition) is 4. The van der Waals surface area contributed by atoms with Gasteiger partial charge in [0.2, 0.25) is 5.91 Å². The van der Waals surface area contributed by atoms with Crippen molar-refractivity contribution in [1.29, 1.82) is 0 Å². The maximum absolute atomic E-state index is 14.5. The van der Waals surface area contributed by atoms with Crippen molar-refractivity contribution in [1.82, 2.24) is 19.4 Å². The van der Waals surface area contributed by atoms with Gasteiger partial charge in [0.25, 0.3) is 5.56 Å². The Kier molecular flexibility index (Phi) is 9.91. The SMILES string of the molecule is CN1CCC(N(Cc2ccc(-c3ccc(C(F)(F)F)cc3)cc2)C(=O)Cn2c(CCc3cccc(F)c3F)nc(=O)c3ccccc32)CC1. The molecule has 1 aliphatic heterocycles. The van der Waals surface area contributed by atoms with Crippen molar-refractivity contribution >= 4 is 16.8 Å². The summed E-state index contributed by atoms with van der Waals surface area (Å²) in [4.78, 5) is 35.7. The van der Waals surface area contributed by atoms with Gasteiger partial charge in [-0.15, -0.1) is 0 Å². The summed E-state index contributed by atoms with van der Waals surface area (Å²) in [7, 11) is 2.04. The Morgan fingerprint density at radius 3 is 2.18 bits per heavy atom. The van der Waals surface area contributed by atoms with E-state index in [2.05, 4.69) is 9.88 Å². The number of nitrogens with zero attached hydrogens (tertiary/aromatic N) is 4. The first-order valence-corrected chi connectivity index (χ1v) is 16.1. The molecule has 49 heavy (non-hydrogen) atoms.